The molecular weight excluding hydrogens is 114 g/mol. The smallest absolute Gasteiger partial charge is 0.110 e. The SMILES string of the molecule is CCC[C@@H]1OCCN1C. The molecule has 0 unspecified atom stereocenters. The van der Waals surface area contributed by atoms with E-state index in [4.69, 9.17) is 4.74 Å². The summed E-state index contributed by atoms with van der Waals surface area (Å²) in [6.07, 6.45) is 2.81. The molecule has 0 radical (unpaired) electrons. The van der Waals surface area contributed by atoms with E-state index in [-0.39, 0.29) is 0 Å². The van der Waals surface area contributed by atoms with E-state index < -0.39 is 0 Å². The van der Waals surface area contributed by atoms with Gasteiger partial charge in [-0.1, -0.05) is 13.3 Å². The molecule has 2 nitrogen and oxygen atoms in total. The van der Waals surface area contributed by atoms with Crippen LogP contribution in [-0.4, -0.2) is 31.3 Å². The van der Waals surface area contributed by atoms with E-state index in [2.05, 4.69) is 18.9 Å². The van der Waals surface area contributed by atoms with Crippen LogP contribution in [0.25, 0.3) is 0 Å². The van der Waals surface area contributed by atoms with Crippen molar-refractivity contribution in [2.45, 2.75) is 26.0 Å². The highest BCUT2D eigenvalue weighted by Gasteiger charge is 2.19. The van der Waals surface area contributed by atoms with Crippen molar-refractivity contribution >= 4 is 0 Å². The molecule has 0 aromatic carbocycles. The summed E-state index contributed by atoms with van der Waals surface area (Å²) in [6, 6.07) is 0. The normalized spacial score (nSPS) is 29.3. The Morgan fingerprint density at radius 1 is 1.67 bits per heavy atom. The second-order valence-electron chi connectivity index (χ2n) is 2.59. The monoisotopic (exact) mass is 129 g/mol. The fourth-order valence-electron chi connectivity index (χ4n) is 1.15. The molecule has 2 heteroatoms. The predicted molar refractivity (Wildman–Crippen MR) is 37.3 cm³/mol. The summed E-state index contributed by atoms with van der Waals surface area (Å²) in [4.78, 5) is 2.27. The number of likely N-dealkylation sites (N-methyl/N-ethyl adjacent to an activating group) is 1. The molecule has 0 aromatic heterocycles. The zero-order valence-corrected chi connectivity index (χ0v) is 6.26. The molecule has 1 heterocycles. The van der Waals surface area contributed by atoms with Crippen LogP contribution < -0.4 is 0 Å². The van der Waals surface area contributed by atoms with Crippen molar-refractivity contribution in [2.75, 3.05) is 20.2 Å². The van der Waals surface area contributed by atoms with E-state index >= 15 is 0 Å². The lowest BCUT2D eigenvalue weighted by molar-refractivity contribution is 0.0388. The van der Waals surface area contributed by atoms with Gasteiger partial charge in [0.05, 0.1) is 6.61 Å². The Labute approximate surface area is 56.8 Å². The first-order chi connectivity index (χ1) is 4.34. The lowest BCUT2D eigenvalue weighted by Crippen LogP contribution is -2.25. The number of hydrogen-bond donors (Lipinski definition) is 0. The van der Waals surface area contributed by atoms with Gasteiger partial charge in [0.2, 0.25) is 0 Å². The van der Waals surface area contributed by atoms with E-state index in [0.717, 1.165) is 13.2 Å². The average molecular weight is 129 g/mol. The summed E-state index contributed by atoms with van der Waals surface area (Å²) in [7, 11) is 2.12. The van der Waals surface area contributed by atoms with Gasteiger partial charge in [0.25, 0.3) is 0 Å². The molecule has 9 heavy (non-hydrogen) atoms. The minimum absolute atomic E-state index is 0.412. The van der Waals surface area contributed by atoms with Crippen molar-refractivity contribution < 1.29 is 4.74 Å². The molecular formula is C7H15NO. The molecule has 0 aliphatic carbocycles. The van der Waals surface area contributed by atoms with E-state index in [9.17, 15) is 0 Å². The van der Waals surface area contributed by atoms with E-state index in [1.807, 2.05) is 0 Å². The summed E-state index contributed by atoms with van der Waals surface area (Å²) in [5, 5.41) is 0. The van der Waals surface area contributed by atoms with E-state index in [1.165, 1.54) is 12.8 Å². The Morgan fingerprint density at radius 3 is 2.89 bits per heavy atom. The third-order valence-electron chi connectivity index (χ3n) is 1.78. The first kappa shape index (κ1) is 7.03. The van der Waals surface area contributed by atoms with E-state index in [1.54, 1.807) is 0 Å². The molecule has 0 saturated carbocycles. The summed E-state index contributed by atoms with van der Waals surface area (Å²) in [5.74, 6) is 0. The molecule has 1 aliphatic rings. The summed E-state index contributed by atoms with van der Waals surface area (Å²) >= 11 is 0. The van der Waals surface area contributed by atoms with Gasteiger partial charge in [-0.05, 0) is 13.5 Å². The Morgan fingerprint density at radius 2 is 2.44 bits per heavy atom. The van der Waals surface area contributed by atoms with Gasteiger partial charge in [0, 0.05) is 6.54 Å². The fourth-order valence-corrected chi connectivity index (χ4v) is 1.15. The maximum Gasteiger partial charge on any atom is 0.110 e. The zero-order chi connectivity index (χ0) is 6.69. The maximum atomic E-state index is 5.43. The van der Waals surface area contributed by atoms with Gasteiger partial charge >= 0.3 is 0 Å². The van der Waals surface area contributed by atoms with Crippen LogP contribution in [0.5, 0.6) is 0 Å². The molecule has 54 valence electrons. The Kier molecular flexibility index (Phi) is 2.49. The number of ether oxygens (including phenoxy) is 1. The topological polar surface area (TPSA) is 12.5 Å². The summed E-state index contributed by atoms with van der Waals surface area (Å²) < 4.78 is 5.43. The van der Waals surface area contributed by atoms with Crippen LogP contribution in [0.1, 0.15) is 19.8 Å². The predicted octanol–water partition coefficient (Wildman–Crippen LogP) is 1.07. The molecule has 0 bridgehead atoms. The van der Waals surface area contributed by atoms with Gasteiger partial charge in [-0.15, -0.1) is 0 Å². The van der Waals surface area contributed by atoms with Gasteiger partial charge in [0.1, 0.15) is 6.23 Å². The average Bonchev–Trinajstić information content (AvgIpc) is 2.18. The molecule has 0 spiro atoms. The minimum Gasteiger partial charge on any atom is -0.362 e. The van der Waals surface area contributed by atoms with Crippen molar-refractivity contribution in [1.29, 1.82) is 0 Å². The molecule has 0 N–H and O–H groups in total. The van der Waals surface area contributed by atoms with Crippen LogP contribution in [0, 0.1) is 0 Å². The standard InChI is InChI=1S/C7H15NO/c1-3-4-7-8(2)5-6-9-7/h7H,3-6H2,1-2H3/t7-/m0/s1. The van der Waals surface area contributed by atoms with Gasteiger partial charge in [-0.25, -0.2) is 0 Å². The van der Waals surface area contributed by atoms with Crippen molar-refractivity contribution in [3.8, 4) is 0 Å². The molecule has 0 amide bonds. The van der Waals surface area contributed by atoms with Crippen molar-refractivity contribution in [3.05, 3.63) is 0 Å². The van der Waals surface area contributed by atoms with Gasteiger partial charge < -0.3 is 4.74 Å². The Bertz CT molecular complexity index is 85.0. The van der Waals surface area contributed by atoms with Crippen LogP contribution in [0.4, 0.5) is 0 Å². The molecule has 1 aliphatic heterocycles. The van der Waals surface area contributed by atoms with Gasteiger partial charge in [0.15, 0.2) is 0 Å². The minimum atomic E-state index is 0.412. The van der Waals surface area contributed by atoms with Crippen LogP contribution >= 0.6 is 0 Å². The van der Waals surface area contributed by atoms with Gasteiger partial charge in [-0.2, -0.15) is 0 Å². The quantitative estimate of drug-likeness (QED) is 0.553. The maximum absolute atomic E-state index is 5.43. The lowest BCUT2D eigenvalue weighted by atomic mass is 10.3. The second kappa shape index (κ2) is 3.18. The van der Waals surface area contributed by atoms with Crippen LogP contribution in [0.3, 0.4) is 0 Å². The van der Waals surface area contributed by atoms with Crippen molar-refractivity contribution in [3.63, 3.8) is 0 Å². The Hall–Kier alpha value is -0.0800. The number of rotatable bonds is 2. The Balaban J connectivity index is 2.22. The highest BCUT2D eigenvalue weighted by Crippen LogP contribution is 2.11. The summed E-state index contributed by atoms with van der Waals surface area (Å²) in [6.45, 7) is 4.21. The fraction of sp³-hybridized carbons (Fsp3) is 1.00. The lowest BCUT2D eigenvalue weighted by Gasteiger charge is -2.16. The zero-order valence-electron chi connectivity index (χ0n) is 6.26. The molecule has 1 rings (SSSR count). The number of hydrogen-bond acceptors (Lipinski definition) is 2. The molecule has 1 saturated heterocycles. The first-order valence-corrected chi connectivity index (χ1v) is 3.66. The van der Waals surface area contributed by atoms with Crippen molar-refractivity contribution in [1.82, 2.24) is 4.90 Å². The van der Waals surface area contributed by atoms with E-state index in [0.29, 0.717) is 6.23 Å². The highest BCUT2D eigenvalue weighted by molar-refractivity contribution is 4.64. The van der Waals surface area contributed by atoms with Crippen LogP contribution in [-0.2, 0) is 4.74 Å². The highest BCUT2D eigenvalue weighted by atomic mass is 16.5. The van der Waals surface area contributed by atoms with Gasteiger partial charge in [-0.3, -0.25) is 4.90 Å². The largest absolute Gasteiger partial charge is 0.362 e. The van der Waals surface area contributed by atoms with Crippen molar-refractivity contribution in [2.24, 2.45) is 0 Å². The molecule has 0 aromatic rings. The molecule has 1 fully saturated rings. The third kappa shape index (κ3) is 1.66. The third-order valence-corrected chi connectivity index (χ3v) is 1.78. The second-order valence-corrected chi connectivity index (χ2v) is 2.59. The molecule has 1 atom stereocenters. The number of nitrogens with zero attached hydrogens (tertiary/aromatic N) is 1. The van der Waals surface area contributed by atoms with Crippen LogP contribution in [0.2, 0.25) is 0 Å². The summed E-state index contributed by atoms with van der Waals surface area (Å²) in [5.41, 5.74) is 0. The first-order valence-electron chi connectivity index (χ1n) is 3.66. The van der Waals surface area contributed by atoms with Crippen LogP contribution in [0.15, 0.2) is 0 Å².